The smallest absolute Gasteiger partial charge is 0.224 e. The third-order valence-corrected chi connectivity index (χ3v) is 6.14. The highest BCUT2D eigenvalue weighted by Gasteiger charge is 2.68. The van der Waals surface area contributed by atoms with E-state index in [0.29, 0.717) is 10.9 Å². The molecule has 2 nitrogen and oxygen atoms in total. The van der Waals surface area contributed by atoms with Crippen molar-refractivity contribution in [3.63, 3.8) is 0 Å². The Hall–Kier alpha value is -0.0500. The average Bonchev–Trinajstić information content (AvgIpc) is 2.44. The van der Waals surface area contributed by atoms with E-state index in [1.165, 1.54) is 12.8 Å². The molecule has 1 amide bonds. The van der Waals surface area contributed by atoms with Crippen molar-refractivity contribution in [3.8, 4) is 0 Å². The molecule has 3 heteroatoms. The second kappa shape index (κ2) is 3.72. The van der Waals surface area contributed by atoms with Crippen LogP contribution >= 0.6 is 15.9 Å². The van der Waals surface area contributed by atoms with Crippen LogP contribution in [0.5, 0.6) is 0 Å². The lowest BCUT2D eigenvalue weighted by Gasteiger charge is -2.16. The van der Waals surface area contributed by atoms with Gasteiger partial charge in [-0.3, -0.25) is 4.79 Å². The molecule has 0 aliphatic heterocycles. The lowest BCUT2D eigenvalue weighted by molar-refractivity contribution is -0.124. The average molecular weight is 288 g/mol. The summed E-state index contributed by atoms with van der Waals surface area (Å²) in [5, 5.41) is 3.22. The lowest BCUT2D eigenvalue weighted by Crippen LogP contribution is -2.39. The predicted octanol–water partition coefficient (Wildman–Crippen LogP) is 3.10. The van der Waals surface area contributed by atoms with Gasteiger partial charge in [0.15, 0.2) is 0 Å². The molecule has 0 spiro atoms. The minimum atomic E-state index is 0.150. The molecule has 0 aromatic rings. The van der Waals surface area contributed by atoms with Gasteiger partial charge in [0.1, 0.15) is 0 Å². The zero-order valence-corrected chi connectivity index (χ0v) is 12.2. The highest BCUT2D eigenvalue weighted by molar-refractivity contribution is 9.09. The first-order valence-corrected chi connectivity index (χ1v) is 7.14. The van der Waals surface area contributed by atoms with Crippen molar-refractivity contribution < 1.29 is 4.79 Å². The SMILES string of the molecule is CC1(C)C(C(=O)NC2CCCC2Br)C1(C)C. The van der Waals surface area contributed by atoms with Crippen molar-refractivity contribution in [2.45, 2.75) is 57.8 Å². The van der Waals surface area contributed by atoms with Gasteiger partial charge in [-0.05, 0) is 23.7 Å². The van der Waals surface area contributed by atoms with Gasteiger partial charge in [-0.1, -0.05) is 50.0 Å². The second-order valence-corrected chi connectivity index (χ2v) is 7.61. The lowest BCUT2D eigenvalue weighted by atomic mass is 10.0. The van der Waals surface area contributed by atoms with Gasteiger partial charge >= 0.3 is 0 Å². The van der Waals surface area contributed by atoms with E-state index in [2.05, 4.69) is 48.9 Å². The summed E-state index contributed by atoms with van der Waals surface area (Å²) in [6.45, 7) is 8.77. The molecule has 2 unspecified atom stereocenters. The molecule has 2 fully saturated rings. The van der Waals surface area contributed by atoms with Gasteiger partial charge in [-0.2, -0.15) is 0 Å². The molecule has 2 rings (SSSR count). The number of alkyl halides is 1. The normalized spacial score (nSPS) is 36.1. The quantitative estimate of drug-likeness (QED) is 0.777. The molecule has 0 heterocycles. The van der Waals surface area contributed by atoms with E-state index >= 15 is 0 Å². The number of amides is 1. The first-order chi connectivity index (χ1) is 7.28. The summed E-state index contributed by atoms with van der Waals surface area (Å²) in [7, 11) is 0. The van der Waals surface area contributed by atoms with Crippen LogP contribution in [0, 0.1) is 16.7 Å². The van der Waals surface area contributed by atoms with Crippen LogP contribution in [-0.4, -0.2) is 16.8 Å². The predicted molar refractivity (Wildman–Crippen MR) is 69.5 cm³/mol. The Balaban J connectivity index is 1.96. The Labute approximate surface area is 107 Å². The highest BCUT2D eigenvalue weighted by Crippen LogP contribution is 2.68. The van der Waals surface area contributed by atoms with Crippen molar-refractivity contribution in [2.24, 2.45) is 16.7 Å². The van der Waals surface area contributed by atoms with Crippen molar-refractivity contribution >= 4 is 21.8 Å². The molecule has 2 aliphatic rings. The van der Waals surface area contributed by atoms with E-state index in [0.717, 1.165) is 6.42 Å². The van der Waals surface area contributed by atoms with Gasteiger partial charge in [0.05, 0.1) is 0 Å². The summed E-state index contributed by atoms with van der Waals surface area (Å²) in [4.78, 5) is 12.7. The van der Waals surface area contributed by atoms with Crippen LogP contribution < -0.4 is 5.32 Å². The van der Waals surface area contributed by atoms with Crippen molar-refractivity contribution in [3.05, 3.63) is 0 Å². The molecule has 2 saturated carbocycles. The monoisotopic (exact) mass is 287 g/mol. The Bertz CT molecular complexity index is 297. The summed E-state index contributed by atoms with van der Waals surface area (Å²) >= 11 is 3.65. The van der Waals surface area contributed by atoms with Gasteiger partial charge in [-0.15, -0.1) is 0 Å². The Morgan fingerprint density at radius 2 is 1.75 bits per heavy atom. The molecule has 0 aromatic heterocycles. The third kappa shape index (κ3) is 1.71. The summed E-state index contributed by atoms with van der Waals surface area (Å²) < 4.78 is 0. The van der Waals surface area contributed by atoms with Crippen molar-refractivity contribution in [2.75, 3.05) is 0 Å². The van der Waals surface area contributed by atoms with Gasteiger partial charge < -0.3 is 5.32 Å². The van der Waals surface area contributed by atoms with E-state index in [4.69, 9.17) is 0 Å². The van der Waals surface area contributed by atoms with Gasteiger partial charge in [0.2, 0.25) is 5.91 Å². The first kappa shape index (κ1) is 12.4. The van der Waals surface area contributed by atoms with Gasteiger partial charge in [0.25, 0.3) is 0 Å². The topological polar surface area (TPSA) is 29.1 Å². The highest BCUT2D eigenvalue weighted by atomic mass is 79.9. The molecular weight excluding hydrogens is 266 g/mol. The van der Waals surface area contributed by atoms with Gasteiger partial charge in [-0.25, -0.2) is 0 Å². The zero-order chi connectivity index (χ0) is 12.1. The van der Waals surface area contributed by atoms with Crippen LogP contribution in [-0.2, 0) is 4.79 Å². The van der Waals surface area contributed by atoms with E-state index in [-0.39, 0.29) is 22.7 Å². The number of hydrogen-bond donors (Lipinski definition) is 1. The van der Waals surface area contributed by atoms with Crippen LogP contribution in [0.2, 0.25) is 0 Å². The summed E-state index contributed by atoms with van der Waals surface area (Å²) in [5.41, 5.74) is 0.301. The number of carbonyl (C=O) groups excluding carboxylic acids is 1. The van der Waals surface area contributed by atoms with E-state index < -0.39 is 0 Å². The Morgan fingerprint density at radius 3 is 2.12 bits per heavy atom. The van der Waals surface area contributed by atoms with Crippen LogP contribution in [0.1, 0.15) is 47.0 Å². The number of carbonyl (C=O) groups is 1. The van der Waals surface area contributed by atoms with E-state index in [1.807, 2.05) is 0 Å². The first-order valence-electron chi connectivity index (χ1n) is 6.23. The van der Waals surface area contributed by atoms with Gasteiger partial charge in [0, 0.05) is 16.8 Å². The van der Waals surface area contributed by atoms with Crippen LogP contribution in [0.4, 0.5) is 0 Å². The maximum Gasteiger partial charge on any atom is 0.224 e. The molecule has 1 N–H and O–H groups in total. The fourth-order valence-corrected chi connectivity index (χ4v) is 3.92. The van der Waals surface area contributed by atoms with E-state index in [9.17, 15) is 4.79 Å². The molecule has 0 saturated heterocycles. The van der Waals surface area contributed by atoms with Crippen LogP contribution in [0.15, 0.2) is 0 Å². The Morgan fingerprint density at radius 1 is 1.19 bits per heavy atom. The Kier molecular flexibility index (Phi) is 2.89. The maximum absolute atomic E-state index is 12.2. The summed E-state index contributed by atoms with van der Waals surface area (Å²) in [6.07, 6.45) is 3.52. The minimum Gasteiger partial charge on any atom is -0.352 e. The molecule has 0 radical (unpaired) electrons. The number of hydrogen-bond acceptors (Lipinski definition) is 1. The third-order valence-electron chi connectivity index (χ3n) is 5.04. The molecule has 16 heavy (non-hydrogen) atoms. The summed E-state index contributed by atoms with van der Waals surface area (Å²) in [6, 6.07) is 0.347. The van der Waals surface area contributed by atoms with Crippen molar-refractivity contribution in [1.82, 2.24) is 5.32 Å². The number of nitrogens with one attached hydrogen (secondary N) is 1. The molecule has 92 valence electrons. The molecule has 0 aromatic carbocycles. The van der Waals surface area contributed by atoms with E-state index in [1.54, 1.807) is 0 Å². The standard InChI is InChI=1S/C13H22BrNO/c1-12(2)10(13(12,3)4)11(16)15-9-7-5-6-8(9)14/h8-10H,5-7H2,1-4H3,(H,15,16). The molecule has 2 aliphatic carbocycles. The maximum atomic E-state index is 12.2. The second-order valence-electron chi connectivity index (χ2n) is 6.44. The molecular formula is C13H22BrNO. The van der Waals surface area contributed by atoms with Crippen LogP contribution in [0.3, 0.4) is 0 Å². The minimum absolute atomic E-state index is 0.150. The summed E-state index contributed by atoms with van der Waals surface area (Å²) in [5.74, 6) is 0.437. The molecule has 2 atom stereocenters. The number of rotatable bonds is 2. The molecule has 0 bridgehead atoms. The fraction of sp³-hybridized carbons (Fsp3) is 0.923. The zero-order valence-electron chi connectivity index (χ0n) is 10.6. The largest absolute Gasteiger partial charge is 0.352 e. The number of halogens is 1. The fourth-order valence-electron chi connectivity index (χ4n) is 3.20. The van der Waals surface area contributed by atoms with Crippen LogP contribution in [0.25, 0.3) is 0 Å². The van der Waals surface area contributed by atoms with Crippen molar-refractivity contribution in [1.29, 1.82) is 0 Å².